The van der Waals surface area contributed by atoms with Crippen LogP contribution in [0.3, 0.4) is 0 Å². The lowest BCUT2D eigenvalue weighted by Gasteiger charge is -2.29. The van der Waals surface area contributed by atoms with E-state index in [0.717, 1.165) is 11.3 Å². The molecule has 0 aromatic heterocycles. The maximum absolute atomic E-state index is 12.6. The van der Waals surface area contributed by atoms with Crippen LogP contribution >= 0.6 is 0 Å². The quantitative estimate of drug-likeness (QED) is 0.368. The molecule has 1 amide bonds. The summed E-state index contributed by atoms with van der Waals surface area (Å²) in [6.07, 6.45) is 0. The highest BCUT2D eigenvalue weighted by atomic mass is 16.5. The van der Waals surface area contributed by atoms with Crippen molar-refractivity contribution in [3.05, 3.63) is 29.8 Å². The molecule has 0 saturated carbocycles. The van der Waals surface area contributed by atoms with E-state index in [-0.39, 0.29) is 11.7 Å². The molecular weight excluding hydrogens is 258 g/mol. The van der Waals surface area contributed by atoms with Crippen LogP contribution in [0.4, 0.5) is 0 Å². The molecule has 2 rings (SSSR count). The third-order valence-corrected chi connectivity index (χ3v) is 3.52. The van der Waals surface area contributed by atoms with Crippen LogP contribution in [0.15, 0.2) is 29.4 Å². The number of amides is 1. The van der Waals surface area contributed by atoms with Gasteiger partial charge in [-0.15, -0.1) is 0 Å². The Kier molecular flexibility index (Phi) is 3.83. The first-order chi connectivity index (χ1) is 9.46. The number of para-hydroxylation sites is 1. The number of hydrogen-bond acceptors (Lipinski definition) is 4. The van der Waals surface area contributed by atoms with Crippen LogP contribution in [0.25, 0.3) is 0 Å². The number of nitrogens with two attached hydrogens (primary N) is 1. The number of fused-ring (bicyclic) bond motifs is 1. The van der Waals surface area contributed by atoms with Crippen LogP contribution in [0.1, 0.15) is 19.4 Å². The zero-order valence-corrected chi connectivity index (χ0v) is 11.7. The molecule has 6 heteroatoms. The minimum absolute atomic E-state index is 0.0963. The summed E-state index contributed by atoms with van der Waals surface area (Å²) < 4.78 is 5.62. The first kappa shape index (κ1) is 14.2. The van der Waals surface area contributed by atoms with E-state index >= 15 is 0 Å². The van der Waals surface area contributed by atoms with Gasteiger partial charge < -0.3 is 20.6 Å². The molecule has 108 valence electrons. The van der Waals surface area contributed by atoms with Crippen molar-refractivity contribution in [2.75, 3.05) is 13.2 Å². The Hall–Kier alpha value is -2.24. The SMILES string of the molecule is CC(C)(C(=O)N1CCOc2ccccc2C1)C(N)=NO. The van der Waals surface area contributed by atoms with Gasteiger partial charge in [0.25, 0.3) is 0 Å². The van der Waals surface area contributed by atoms with E-state index in [4.69, 9.17) is 15.7 Å². The van der Waals surface area contributed by atoms with Crippen molar-refractivity contribution in [2.24, 2.45) is 16.3 Å². The largest absolute Gasteiger partial charge is 0.491 e. The summed E-state index contributed by atoms with van der Waals surface area (Å²) in [6.45, 7) is 4.63. The van der Waals surface area contributed by atoms with Crippen molar-refractivity contribution < 1.29 is 14.7 Å². The number of carbonyl (C=O) groups excluding carboxylic acids is 1. The van der Waals surface area contributed by atoms with Crippen molar-refractivity contribution in [3.63, 3.8) is 0 Å². The van der Waals surface area contributed by atoms with Crippen LogP contribution in [-0.4, -0.2) is 35.0 Å². The molecule has 1 aromatic carbocycles. The molecule has 0 unspecified atom stereocenters. The minimum atomic E-state index is -1.05. The molecule has 0 fully saturated rings. The lowest BCUT2D eigenvalue weighted by Crippen LogP contribution is -2.48. The average Bonchev–Trinajstić information content (AvgIpc) is 2.67. The van der Waals surface area contributed by atoms with E-state index < -0.39 is 5.41 Å². The second-order valence-corrected chi connectivity index (χ2v) is 5.29. The van der Waals surface area contributed by atoms with Gasteiger partial charge in [0.05, 0.1) is 6.54 Å². The normalized spacial score (nSPS) is 16.1. The fraction of sp³-hybridized carbons (Fsp3) is 0.429. The number of carbonyl (C=O) groups is 1. The number of amidine groups is 1. The molecule has 1 aliphatic heterocycles. The molecule has 0 radical (unpaired) electrons. The molecule has 1 heterocycles. The van der Waals surface area contributed by atoms with Crippen molar-refractivity contribution >= 4 is 11.7 Å². The third kappa shape index (κ3) is 2.54. The maximum atomic E-state index is 12.6. The van der Waals surface area contributed by atoms with E-state index in [1.807, 2.05) is 24.3 Å². The van der Waals surface area contributed by atoms with Gasteiger partial charge in [-0.1, -0.05) is 23.4 Å². The van der Waals surface area contributed by atoms with E-state index in [2.05, 4.69) is 5.16 Å². The van der Waals surface area contributed by atoms with Gasteiger partial charge in [0.15, 0.2) is 5.84 Å². The third-order valence-electron chi connectivity index (χ3n) is 3.52. The summed E-state index contributed by atoms with van der Waals surface area (Å²) in [5.74, 6) is 0.512. The average molecular weight is 277 g/mol. The number of nitrogens with zero attached hydrogens (tertiary/aromatic N) is 2. The Bertz CT molecular complexity index is 540. The van der Waals surface area contributed by atoms with Crippen LogP contribution in [0.5, 0.6) is 5.75 Å². The highest BCUT2D eigenvalue weighted by Gasteiger charge is 2.37. The Balaban J connectivity index is 2.24. The van der Waals surface area contributed by atoms with Gasteiger partial charge in [-0.05, 0) is 19.9 Å². The van der Waals surface area contributed by atoms with E-state index in [1.54, 1.807) is 18.7 Å². The van der Waals surface area contributed by atoms with Gasteiger partial charge in [0.2, 0.25) is 5.91 Å². The standard InChI is InChI=1S/C14H19N3O3/c1-14(2,12(15)16-19)13(18)17-7-8-20-11-6-4-3-5-10(11)9-17/h3-6,19H,7-9H2,1-2H3,(H2,15,16). The summed E-state index contributed by atoms with van der Waals surface area (Å²) in [4.78, 5) is 14.3. The fourth-order valence-electron chi connectivity index (χ4n) is 2.13. The van der Waals surface area contributed by atoms with Crippen LogP contribution in [0.2, 0.25) is 0 Å². The number of hydrogen-bond donors (Lipinski definition) is 2. The van der Waals surface area contributed by atoms with Crippen molar-refractivity contribution in [1.29, 1.82) is 0 Å². The number of benzene rings is 1. The fourth-order valence-corrected chi connectivity index (χ4v) is 2.13. The minimum Gasteiger partial charge on any atom is -0.491 e. The summed E-state index contributed by atoms with van der Waals surface area (Å²) >= 11 is 0. The number of rotatable bonds is 2. The van der Waals surface area contributed by atoms with E-state index in [1.165, 1.54) is 0 Å². The van der Waals surface area contributed by atoms with Crippen molar-refractivity contribution in [3.8, 4) is 5.75 Å². The Morgan fingerprint density at radius 1 is 1.45 bits per heavy atom. The van der Waals surface area contributed by atoms with Crippen LogP contribution < -0.4 is 10.5 Å². The summed E-state index contributed by atoms with van der Waals surface area (Å²) in [7, 11) is 0. The summed E-state index contributed by atoms with van der Waals surface area (Å²) in [5.41, 5.74) is 5.52. The van der Waals surface area contributed by atoms with Gasteiger partial charge in [0.1, 0.15) is 17.8 Å². The second kappa shape index (κ2) is 5.40. The lowest BCUT2D eigenvalue weighted by molar-refractivity contribution is -0.137. The van der Waals surface area contributed by atoms with Gasteiger partial charge in [0, 0.05) is 12.1 Å². The molecule has 0 bridgehead atoms. The molecular formula is C14H19N3O3. The predicted molar refractivity (Wildman–Crippen MR) is 74.5 cm³/mol. The van der Waals surface area contributed by atoms with Gasteiger partial charge in [-0.2, -0.15) is 0 Å². The molecule has 1 aromatic rings. The molecule has 1 aliphatic rings. The van der Waals surface area contributed by atoms with Crippen LogP contribution in [-0.2, 0) is 11.3 Å². The van der Waals surface area contributed by atoms with E-state index in [0.29, 0.717) is 19.7 Å². The monoisotopic (exact) mass is 277 g/mol. The second-order valence-electron chi connectivity index (χ2n) is 5.29. The molecule has 20 heavy (non-hydrogen) atoms. The topological polar surface area (TPSA) is 88.2 Å². The Morgan fingerprint density at radius 2 is 2.15 bits per heavy atom. The molecule has 0 saturated heterocycles. The molecule has 0 spiro atoms. The zero-order valence-electron chi connectivity index (χ0n) is 11.7. The van der Waals surface area contributed by atoms with Crippen molar-refractivity contribution in [2.45, 2.75) is 20.4 Å². The van der Waals surface area contributed by atoms with Gasteiger partial charge in [-0.25, -0.2) is 0 Å². The highest BCUT2D eigenvalue weighted by molar-refractivity contribution is 6.05. The Morgan fingerprint density at radius 3 is 2.85 bits per heavy atom. The Labute approximate surface area is 117 Å². The van der Waals surface area contributed by atoms with E-state index in [9.17, 15) is 4.79 Å². The first-order valence-corrected chi connectivity index (χ1v) is 6.45. The highest BCUT2D eigenvalue weighted by Crippen LogP contribution is 2.26. The summed E-state index contributed by atoms with van der Waals surface area (Å²) in [5, 5.41) is 11.8. The number of ether oxygens (including phenoxy) is 1. The predicted octanol–water partition coefficient (Wildman–Crippen LogP) is 1.18. The molecule has 3 N–H and O–H groups in total. The molecule has 0 atom stereocenters. The maximum Gasteiger partial charge on any atom is 0.236 e. The zero-order chi connectivity index (χ0) is 14.8. The van der Waals surface area contributed by atoms with Crippen molar-refractivity contribution in [1.82, 2.24) is 4.90 Å². The first-order valence-electron chi connectivity index (χ1n) is 6.45. The van der Waals surface area contributed by atoms with Gasteiger partial charge in [-0.3, -0.25) is 4.79 Å². The lowest BCUT2D eigenvalue weighted by atomic mass is 9.90. The van der Waals surface area contributed by atoms with Crippen LogP contribution in [0, 0.1) is 5.41 Å². The molecule has 6 nitrogen and oxygen atoms in total. The smallest absolute Gasteiger partial charge is 0.236 e. The molecule has 0 aliphatic carbocycles. The summed E-state index contributed by atoms with van der Waals surface area (Å²) in [6, 6.07) is 7.62. The number of oxime groups is 1. The van der Waals surface area contributed by atoms with Gasteiger partial charge >= 0.3 is 0 Å².